The first-order valence-corrected chi connectivity index (χ1v) is 14.4. The van der Waals surface area contributed by atoms with Crippen LogP contribution in [0.1, 0.15) is 47.6 Å². The summed E-state index contributed by atoms with van der Waals surface area (Å²) in [5.41, 5.74) is 2.71. The molecule has 44 heavy (non-hydrogen) atoms. The number of rotatable bonds is 9. The van der Waals surface area contributed by atoms with Crippen LogP contribution in [0.3, 0.4) is 0 Å². The zero-order valence-corrected chi connectivity index (χ0v) is 24.0. The Morgan fingerprint density at radius 2 is 1.70 bits per heavy atom. The molecule has 6 rings (SSSR count). The minimum atomic E-state index is -1.54. The molecule has 0 unspecified atom stereocenters. The molecule has 0 radical (unpaired) electrons. The van der Waals surface area contributed by atoms with Gasteiger partial charge in [-0.25, -0.2) is 18.7 Å². The van der Waals surface area contributed by atoms with Gasteiger partial charge in [0, 0.05) is 36.1 Å². The molecule has 5 aromatic rings. The van der Waals surface area contributed by atoms with Gasteiger partial charge >= 0.3 is 0 Å². The molecule has 1 aliphatic carbocycles. The van der Waals surface area contributed by atoms with E-state index in [4.69, 9.17) is 14.6 Å². The summed E-state index contributed by atoms with van der Waals surface area (Å²) in [5, 5.41) is 8.50. The summed E-state index contributed by atoms with van der Waals surface area (Å²) >= 11 is 0. The zero-order chi connectivity index (χ0) is 30.6. The number of nitrogens with zero attached hydrogens (tertiary/aromatic N) is 4. The molecule has 3 aromatic carbocycles. The van der Waals surface area contributed by atoms with Gasteiger partial charge in [0.15, 0.2) is 17.4 Å². The van der Waals surface area contributed by atoms with Crippen LogP contribution in [0, 0.1) is 23.4 Å². The maximum atomic E-state index is 14.8. The Kier molecular flexibility index (Phi) is 8.44. The minimum absolute atomic E-state index is 0.148. The summed E-state index contributed by atoms with van der Waals surface area (Å²) in [6.07, 6.45) is 10.4. The van der Waals surface area contributed by atoms with E-state index in [1.165, 1.54) is 13.4 Å². The van der Waals surface area contributed by atoms with Gasteiger partial charge in [0.1, 0.15) is 18.7 Å². The molecule has 1 aliphatic rings. The summed E-state index contributed by atoms with van der Waals surface area (Å²) in [6, 6.07) is 13.6. The molecular weight excluding hydrogens is 571 g/mol. The van der Waals surface area contributed by atoms with Crippen LogP contribution in [0.4, 0.5) is 13.2 Å². The Hall–Kier alpha value is -4.93. The van der Waals surface area contributed by atoms with Crippen LogP contribution in [-0.2, 0) is 6.61 Å². The van der Waals surface area contributed by atoms with Gasteiger partial charge in [0.05, 0.1) is 24.2 Å². The lowest BCUT2D eigenvalue weighted by Gasteiger charge is -2.28. The fourth-order valence-corrected chi connectivity index (χ4v) is 5.55. The quantitative estimate of drug-likeness (QED) is 0.190. The Morgan fingerprint density at radius 1 is 0.955 bits per heavy atom. The van der Waals surface area contributed by atoms with Gasteiger partial charge < -0.3 is 14.8 Å². The van der Waals surface area contributed by atoms with Crippen LogP contribution in [0.5, 0.6) is 11.5 Å². The monoisotopic (exact) mass is 601 g/mol. The number of halogens is 3. The van der Waals surface area contributed by atoms with Crippen LogP contribution in [0.25, 0.3) is 22.0 Å². The van der Waals surface area contributed by atoms with Crippen LogP contribution in [0.2, 0.25) is 0 Å². The number of hydrogen-bond acceptors (Lipinski definition) is 6. The topological polar surface area (TPSA) is 91.2 Å². The van der Waals surface area contributed by atoms with Crippen LogP contribution in [0.15, 0.2) is 73.4 Å². The number of ether oxygens (including phenoxy) is 2. The normalized spacial score (nSPS) is 16.5. The van der Waals surface area contributed by atoms with Crippen molar-refractivity contribution in [2.45, 2.75) is 38.3 Å². The van der Waals surface area contributed by atoms with Crippen molar-refractivity contribution in [1.29, 1.82) is 0 Å². The standard InChI is InChI=1S/C33H30F3N5O3/c1-43-26-10-4-21(5-11-26)18-44-32-28(34)13-27(30(35)31(32)36)33(42)39-14-20-2-8-25(9-3-20)41-17-23-7-6-22(12-29(23)40-41)24-15-37-19-38-16-24/h4-7,10-13,15-17,19-20,25H,2-3,8-9,14,18H2,1H3,(H,39,42). The SMILES string of the molecule is COc1ccc(COc2c(F)cc(C(=O)NCC3CCC(n4cc5ccc(-c6cncnc6)cc5n4)CC3)c(F)c2F)cc1. The Bertz CT molecular complexity index is 1770. The van der Waals surface area contributed by atoms with Crippen molar-refractivity contribution in [3.05, 3.63) is 102 Å². The lowest BCUT2D eigenvalue weighted by molar-refractivity contribution is 0.0935. The van der Waals surface area contributed by atoms with Crippen LogP contribution >= 0.6 is 0 Å². The van der Waals surface area contributed by atoms with Crippen molar-refractivity contribution in [2.75, 3.05) is 13.7 Å². The molecule has 0 atom stereocenters. The van der Waals surface area contributed by atoms with Gasteiger partial charge in [-0.1, -0.05) is 24.3 Å². The second-order valence-corrected chi connectivity index (χ2v) is 10.9. The number of fused-ring (bicyclic) bond motifs is 1. The fourth-order valence-electron chi connectivity index (χ4n) is 5.55. The second kappa shape index (κ2) is 12.7. The lowest BCUT2D eigenvalue weighted by atomic mass is 9.86. The van der Waals surface area contributed by atoms with E-state index in [0.717, 1.165) is 47.7 Å². The Balaban J connectivity index is 1.03. The number of hydrogen-bond donors (Lipinski definition) is 1. The molecule has 0 spiro atoms. The van der Waals surface area contributed by atoms with E-state index in [0.29, 0.717) is 17.4 Å². The molecule has 0 aliphatic heterocycles. The zero-order valence-electron chi connectivity index (χ0n) is 24.0. The third-order valence-electron chi connectivity index (χ3n) is 8.06. The van der Waals surface area contributed by atoms with Crippen molar-refractivity contribution in [3.63, 3.8) is 0 Å². The third-order valence-corrected chi connectivity index (χ3v) is 8.06. The molecule has 2 heterocycles. The van der Waals surface area contributed by atoms with Crippen molar-refractivity contribution in [3.8, 4) is 22.6 Å². The van der Waals surface area contributed by atoms with E-state index >= 15 is 0 Å². The molecule has 1 saturated carbocycles. The highest BCUT2D eigenvalue weighted by molar-refractivity contribution is 5.94. The van der Waals surface area contributed by atoms with Gasteiger partial charge in [-0.05, 0) is 67.0 Å². The average Bonchev–Trinajstić information content (AvgIpc) is 3.50. The van der Waals surface area contributed by atoms with E-state index in [9.17, 15) is 18.0 Å². The van der Waals surface area contributed by atoms with Gasteiger partial charge in [-0.2, -0.15) is 9.49 Å². The molecule has 1 N–H and O–H groups in total. The third kappa shape index (κ3) is 6.22. The van der Waals surface area contributed by atoms with Crippen molar-refractivity contribution >= 4 is 16.8 Å². The molecule has 0 saturated heterocycles. The molecule has 1 amide bonds. The van der Waals surface area contributed by atoms with Gasteiger partial charge in [0.25, 0.3) is 5.91 Å². The highest BCUT2D eigenvalue weighted by atomic mass is 19.2. The number of benzene rings is 3. The minimum Gasteiger partial charge on any atom is -0.497 e. The second-order valence-electron chi connectivity index (χ2n) is 10.9. The number of aromatic nitrogens is 4. The van der Waals surface area contributed by atoms with Crippen molar-refractivity contribution < 1.29 is 27.4 Å². The van der Waals surface area contributed by atoms with E-state index < -0.39 is 34.7 Å². The van der Waals surface area contributed by atoms with Gasteiger partial charge in [0.2, 0.25) is 5.82 Å². The number of nitrogens with one attached hydrogen (secondary N) is 1. The maximum Gasteiger partial charge on any atom is 0.254 e. The first kappa shape index (κ1) is 29.2. The summed E-state index contributed by atoms with van der Waals surface area (Å²) in [5.74, 6) is -5.13. The molecule has 2 aromatic heterocycles. The summed E-state index contributed by atoms with van der Waals surface area (Å²) in [6.45, 7) is 0.0811. The first-order valence-electron chi connectivity index (χ1n) is 14.4. The van der Waals surface area contributed by atoms with E-state index in [-0.39, 0.29) is 25.1 Å². The molecule has 1 fully saturated rings. The summed E-state index contributed by atoms with van der Waals surface area (Å²) in [4.78, 5) is 20.9. The van der Waals surface area contributed by atoms with Crippen molar-refractivity contribution in [1.82, 2.24) is 25.1 Å². The Labute approximate surface area is 251 Å². The van der Waals surface area contributed by atoms with Crippen LogP contribution in [-0.4, -0.2) is 39.3 Å². The highest BCUT2D eigenvalue weighted by Gasteiger charge is 2.27. The van der Waals surface area contributed by atoms with Crippen LogP contribution < -0.4 is 14.8 Å². The molecular formula is C33H30F3N5O3. The molecule has 11 heteroatoms. The van der Waals surface area contributed by atoms with E-state index in [1.54, 1.807) is 36.7 Å². The summed E-state index contributed by atoms with van der Waals surface area (Å²) in [7, 11) is 1.52. The van der Waals surface area contributed by atoms with E-state index in [1.807, 2.05) is 29.1 Å². The molecule has 226 valence electrons. The van der Waals surface area contributed by atoms with E-state index in [2.05, 4.69) is 15.3 Å². The molecule has 8 nitrogen and oxygen atoms in total. The predicted octanol–water partition coefficient (Wildman–Crippen LogP) is 6.66. The van der Waals surface area contributed by atoms with Gasteiger partial charge in [-0.3, -0.25) is 9.48 Å². The number of carbonyl (C=O) groups excluding carboxylic acids is 1. The number of amides is 1. The number of carbonyl (C=O) groups is 1. The largest absolute Gasteiger partial charge is 0.497 e. The maximum absolute atomic E-state index is 14.8. The predicted molar refractivity (Wildman–Crippen MR) is 158 cm³/mol. The average molecular weight is 602 g/mol. The number of methoxy groups -OCH3 is 1. The molecule has 0 bridgehead atoms. The van der Waals surface area contributed by atoms with Crippen molar-refractivity contribution in [2.24, 2.45) is 5.92 Å². The fraction of sp³-hybridized carbons (Fsp3) is 0.273. The Morgan fingerprint density at radius 3 is 2.43 bits per heavy atom. The highest BCUT2D eigenvalue weighted by Crippen LogP contribution is 2.33. The van der Waals surface area contributed by atoms with Gasteiger partial charge in [-0.15, -0.1) is 0 Å². The summed E-state index contributed by atoms with van der Waals surface area (Å²) < 4.78 is 56.6. The first-order chi connectivity index (χ1) is 21.4. The smallest absolute Gasteiger partial charge is 0.254 e. The lowest BCUT2D eigenvalue weighted by Crippen LogP contribution is -2.32.